The molecule has 0 bridgehead atoms. The van der Waals surface area contributed by atoms with E-state index in [9.17, 15) is 17.9 Å². The fraction of sp³-hybridized carbons (Fsp3) is 0.316. The number of rotatable bonds is 4. The first-order chi connectivity index (χ1) is 14.2. The van der Waals surface area contributed by atoms with Gasteiger partial charge in [0, 0.05) is 30.2 Å². The molecule has 2 N–H and O–H groups in total. The number of piperidine rings is 1. The van der Waals surface area contributed by atoms with Crippen LogP contribution in [0.2, 0.25) is 5.02 Å². The lowest BCUT2D eigenvalue weighted by atomic mass is 10.0. The molecule has 1 saturated heterocycles. The first kappa shape index (κ1) is 20.9. The van der Waals surface area contributed by atoms with Gasteiger partial charge in [-0.3, -0.25) is 4.98 Å². The van der Waals surface area contributed by atoms with Gasteiger partial charge in [-0.05, 0) is 24.6 Å². The number of anilines is 1. The zero-order valence-electron chi connectivity index (χ0n) is 16.0. The summed E-state index contributed by atoms with van der Waals surface area (Å²) >= 11 is 6.26. The van der Waals surface area contributed by atoms with Gasteiger partial charge in [0.25, 0.3) is 0 Å². The SMILES string of the molecule is CS(=O)(=O)N1CC[C@H](Nc2ncc(Cl)c(-c3cc(F)c4ncccc4c3)n2)[C@H](O)C1. The van der Waals surface area contributed by atoms with E-state index in [2.05, 4.69) is 20.3 Å². The molecule has 11 heteroatoms. The summed E-state index contributed by atoms with van der Waals surface area (Å²) in [5.41, 5.74) is 1.06. The third-order valence-electron chi connectivity index (χ3n) is 5.00. The Labute approximate surface area is 177 Å². The summed E-state index contributed by atoms with van der Waals surface area (Å²) in [4.78, 5) is 12.6. The molecule has 158 valence electrons. The largest absolute Gasteiger partial charge is 0.390 e. The molecule has 0 saturated carbocycles. The molecule has 0 radical (unpaired) electrons. The van der Waals surface area contributed by atoms with Crippen molar-refractivity contribution in [1.29, 1.82) is 0 Å². The maximum Gasteiger partial charge on any atom is 0.223 e. The number of aromatic nitrogens is 3. The Kier molecular flexibility index (Phi) is 5.58. The molecule has 2 aromatic heterocycles. The molecule has 3 heterocycles. The van der Waals surface area contributed by atoms with Gasteiger partial charge in [0.1, 0.15) is 11.3 Å². The maximum absolute atomic E-state index is 14.5. The molecule has 3 aromatic rings. The summed E-state index contributed by atoms with van der Waals surface area (Å²) in [6, 6.07) is 6.07. The Morgan fingerprint density at radius 1 is 1.33 bits per heavy atom. The van der Waals surface area contributed by atoms with Crippen molar-refractivity contribution in [3.63, 3.8) is 0 Å². The molecule has 1 fully saturated rings. The number of pyridine rings is 1. The van der Waals surface area contributed by atoms with E-state index in [4.69, 9.17) is 11.6 Å². The maximum atomic E-state index is 14.5. The first-order valence-electron chi connectivity index (χ1n) is 9.19. The summed E-state index contributed by atoms with van der Waals surface area (Å²) in [5.74, 6) is -0.284. The molecule has 0 spiro atoms. The van der Waals surface area contributed by atoms with Crippen molar-refractivity contribution < 1.29 is 17.9 Å². The van der Waals surface area contributed by atoms with Crippen LogP contribution in [0.1, 0.15) is 6.42 Å². The first-order valence-corrected chi connectivity index (χ1v) is 11.4. The number of aliphatic hydroxyl groups excluding tert-OH is 1. The van der Waals surface area contributed by atoms with Crippen molar-refractivity contribution in [2.24, 2.45) is 0 Å². The molecular formula is C19H19ClFN5O3S. The molecular weight excluding hydrogens is 433 g/mol. The molecule has 0 unspecified atom stereocenters. The Hall–Kier alpha value is -2.40. The average Bonchev–Trinajstić information content (AvgIpc) is 2.70. The van der Waals surface area contributed by atoms with Gasteiger partial charge in [0.2, 0.25) is 16.0 Å². The molecule has 8 nitrogen and oxygen atoms in total. The lowest BCUT2D eigenvalue weighted by Crippen LogP contribution is -2.51. The van der Waals surface area contributed by atoms with Gasteiger partial charge < -0.3 is 10.4 Å². The minimum absolute atomic E-state index is 0.0141. The third-order valence-corrected chi connectivity index (χ3v) is 6.55. The van der Waals surface area contributed by atoms with Crippen molar-refractivity contribution in [1.82, 2.24) is 19.3 Å². The number of benzene rings is 1. The Morgan fingerprint density at radius 3 is 2.87 bits per heavy atom. The van der Waals surface area contributed by atoms with Gasteiger partial charge in [-0.25, -0.2) is 22.8 Å². The second-order valence-corrected chi connectivity index (χ2v) is 9.54. The van der Waals surface area contributed by atoms with Crippen LogP contribution < -0.4 is 5.32 Å². The van der Waals surface area contributed by atoms with Gasteiger partial charge in [-0.2, -0.15) is 4.31 Å². The fourth-order valence-electron chi connectivity index (χ4n) is 3.46. The number of nitrogens with one attached hydrogen (secondary N) is 1. The van der Waals surface area contributed by atoms with E-state index in [-0.39, 0.29) is 29.6 Å². The van der Waals surface area contributed by atoms with Crippen LogP contribution in [-0.2, 0) is 10.0 Å². The summed E-state index contributed by atoms with van der Waals surface area (Å²) in [7, 11) is -3.37. The van der Waals surface area contributed by atoms with E-state index >= 15 is 0 Å². The number of halogens is 2. The normalized spacial score (nSPS) is 20.4. The summed E-state index contributed by atoms with van der Waals surface area (Å²) in [6.07, 6.45) is 3.48. The predicted octanol–water partition coefficient (Wildman–Crippen LogP) is 2.29. The van der Waals surface area contributed by atoms with Crippen LogP contribution in [0.5, 0.6) is 0 Å². The van der Waals surface area contributed by atoms with Gasteiger partial charge in [0.05, 0.1) is 35.3 Å². The van der Waals surface area contributed by atoms with Crippen LogP contribution >= 0.6 is 11.6 Å². The number of hydrogen-bond acceptors (Lipinski definition) is 7. The van der Waals surface area contributed by atoms with Gasteiger partial charge in [-0.1, -0.05) is 17.7 Å². The van der Waals surface area contributed by atoms with Crippen LogP contribution in [0.3, 0.4) is 0 Å². The Bertz CT molecular complexity index is 1210. The number of aliphatic hydroxyl groups is 1. The number of hydrogen-bond donors (Lipinski definition) is 2. The van der Waals surface area contributed by atoms with E-state index in [1.54, 1.807) is 18.2 Å². The molecule has 1 aliphatic rings. The number of fused-ring (bicyclic) bond motifs is 1. The highest BCUT2D eigenvalue weighted by atomic mass is 35.5. The van der Waals surface area contributed by atoms with E-state index in [0.29, 0.717) is 23.1 Å². The van der Waals surface area contributed by atoms with Crippen molar-refractivity contribution >= 4 is 38.5 Å². The molecule has 0 aliphatic carbocycles. The van der Waals surface area contributed by atoms with E-state index < -0.39 is 28.0 Å². The van der Waals surface area contributed by atoms with E-state index in [1.807, 2.05) is 0 Å². The van der Waals surface area contributed by atoms with Crippen LogP contribution in [0.4, 0.5) is 10.3 Å². The average molecular weight is 452 g/mol. The smallest absolute Gasteiger partial charge is 0.223 e. The highest BCUT2D eigenvalue weighted by Gasteiger charge is 2.32. The molecule has 30 heavy (non-hydrogen) atoms. The zero-order valence-corrected chi connectivity index (χ0v) is 17.5. The molecule has 1 aromatic carbocycles. The van der Waals surface area contributed by atoms with Crippen molar-refractivity contribution in [2.45, 2.75) is 18.6 Å². The minimum atomic E-state index is -3.37. The van der Waals surface area contributed by atoms with E-state index in [1.165, 1.54) is 22.8 Å². The summed E-state index contributed by atoms with van der Waals surface area (Å²) in [6.45, 7) is 0.261. The summed E-state index contributed by atoms with van der Waals surface area (Å²) < 4.78 is 39.1. The number of nitrogens with zero attached hydrogens (tertiary/aromatic N) is 4. The van der Waals surface area contributed by atoms with Crippen LogP contribution in [0.25, 0.3) is 22.2 Å². The van der Waals surface area contributed by atoms with Crippen molar-refractivity contribution in [2.75, 3.05) is 24.7 Å². The lowest BCUT2D eigenvalue weighted by molar-refractivity contribution is 0.0950. The third kappa shape index (κ3) is 4.22. The van der Waals surface area contributed by atoms with Gasteiger partial charge in [-0.15, -0.1) is 0 Å². The topological polar surface area (TPSA) is 108 Å². The minimum Gasteiger partial charge on any atom is -0.390 e. The number of sulfonamides is 1. The van der Waals surface area contributed by atoms with E-state index in [0.717, 1.165) is 6.26 Å². The Morgan fingerprint density at radius 2 is 2.13 bits per heavy atom. The second-order valence-electron chi connectivity index (χ2n) is 7.15. The summed E-state index contributed by atoms with van der Waals surface area (Å²) in [5, 5.41) is 14.2. The highest BCUT2D eigenvalue weighted by molar-refractivity contribution is 7.88. The molecule has 4 rings (SSSR count). The quantitative estimate of drug-likeness (QED) is 0.626. The number of β-amino-alcohol motifs (C(OH)–C–C–N with tert-alkyl or cyclic N) is 1. The zero-order chi connectivity index (χ0) is 21.5. The van der Waals surface area contributed by atoms with Crippen LogP contribution in [0.15, 0.2) is 36.7 Å². The standard InChI is InChI=1S/C19H19ClFN5O3S/c1-30(28,29)26-6-4-15(16(27)10-26)24-19-23-9-13(20)17(25-19)12-7-11-3-2-5-22-18(11)14(21)8-12/h2-3,5,7-9,15-16,27H,4,6,10H2,1H3,(H,23,24,25)/t15-,16+/m0/s1. The molecule has 1 aliphatic heterocycles. The van der Waals surface area contributed by atoms with Crippen LogP contribution in [0, 0.1) is 5.82 Å². The Balaban J connectivity index is 1.60. The van der Waals surface area contributed by atoms with Gasteiger partial charge in [0.15, 0.2) is 0 Å². The highest BCUT2D eigenvalue weighted by Crippen LogP contribution is 2.30. The van der Waals surface area contributed by atoms with Crippen molar-refractivity contribution in [3.05, 3.63) is 47.5 Å². The second kappa shape index (κ2) is 8.03. The molecule has 2 atom stereocenters. The monoisotopic (exact) mass is 451 g/mol. The van der Waals surface area contributed by atoms with Crippen LogP contribution in [-0.4, -0.2) is 64.3 Å². The predicted molar refractivity (Wildman–Crippen MR) is 112 cm³/mol. The molecule has 0 amide bonds. The fourth-order valence-corrected chi connectivity index (χ4v) is 4.52. The van der Waals surface area contributed by atoms with Crippen molar-refractivity contribution in [3.8, 4) is 11.3 Å². The lowest BCUT2D eigenvalue weighted by Gasteiger charge is -2.34. The van der Waals surface area contributed by atoms with Gasteiger partial charge >= 0.3 is 0 Å².